The van der Waals surface area contributed by atoms with Crippen LogP contribution in [-0.4, -0.2) is 37.5 Å². The highest BCUT2D eigenvalue weighted by molar-refractivity contribution is 5.97. The number of hydrogen-bond acceptors (Lipinski definition) is 4. The number of hydrogen-bond donors (Lipinski definition) is 2. The first-order chi connectivity index (χ1) is 11.9. The first kappa shape index (κ1) is 16.6. The Morgan fingerprint density at radius 3 is 2.68 bits per heavy atom. The van der Waals surface area contributed by atoms with Gasteiger partial charge in [-0.1, -0.05) is 29.5 Å². The van der Waals surface area contributed by atoms with Crippen molar-refractivity contribution >= 4 is 22.9 Å². The van der Waals surface area contributed by atoms with Crippen LogP contribution in [0, 0.1) is 0 Å². The number of benzene rings is 2. The zero-order valence-electron chi connectivity index (χ0n) is 13.9. The molecule has 0 aliphatic carbocycles. The van der Waals surface area contributed by atoms with Crippen LogP contribution in [0.4, 0.5) is 0 Å². The molecule has 0 bridgehead atoms. The van der Waals surface area contributed by atoms with Gasteiger partial charge in [-0.25, -0.2) is 9.48 Å². The lowest BCUT2D eigenvalue weighted by Gasteiger charge is -2.21. The van der Waals surface area contributed by atoms with Gasteiger partial charge in [-0.15, -0.1) is 5.10 Å². The first-order valence-electron chi connectivity index (χ1n) is 7.80. The van der Waals surface area contributed by atoms with E-state index < -0.39 is 17.4 Å². The van der Waals surface area contributed by atoms with Crippen molar-refractivity contribution in [1.29, 1.82) is 0 Å². The lowest BCUT2D eigenvalue weighted by molar-refractivity contribution is -0.143. The second-order valence-electron chi connectivity index (χ2n) is 6.32. The summed E-state index contributed by atoms with van der Waals surface area (Å²) in [5.41, 5.74) is 1.64. The summed E-state index contributed by atoms with van der Waals surface area (Å²) in [5.74, 6) is -1.52. The topological polar surface area (TPSA) is 97.1 Å². The molecule has 1 heterocycles. The van der Waals surface area contributed by atoms with Crippen LogP contribution in [-0.2, 0) is 11.3 Å². The van der Waals surface area contributed by atoms with E-state index >= 15 is 0 Å². The summed E-state index contributed by atoms with van der Waals surface area (Å²) in [4.78, 5) is 23.5. The Morgan fingerprint density at radius 2 is 1.92 bits per heavy atom. The molecule has 7 heteroatoms. The fourth-order valence-electron chi connectivity index (χ4n) is 2.43. The molecule has 0 aliphatic heterocycles. The van der Waals surface area contributed by atoms with Crippen molar-refractivity contribution in [3.8, 4) is 0 Å². The fourth-order valence-corrected chi connectivity index (χ4v) is 2.43. The molecular weight excluding hydrogens is 320 g/mol. The van der Waals surface area contributed by atoms with E-state index in [9.17, 15) is 9.59 Å². The van der Waals surface area contributed by atoms with Crippen LogP contribution in [0.15, 0.2) is 48.5 Å². The maximum atomic E-state index is 12.3. The van der Waals surface area contributed by atoms with Gasteiger partial charge in [0.15, 0.2) is 0 Å². The maximum Gasteiger partial charge on any atom is 0.328 e. The molecule has 0 aliphatic rings. The molecule has 25 heavy (non-hydrogen) atoms. The SMILES string of the molecule is CC(C)(NC(=O)c1cccc(Cn2nnc3ccccc32)c1)C(=O)O. The van der Waals surface area contributed by atoms with E-state index in [0.717, 1.165) is 16.6 Å². The molecule has 128 valence electrons. The number of para-hydroxylation sites is 1. The molecule has 0 radical (unpaired) electrons. The summed E-state index contributed by atoms with van der Waals surface area (Å²) in [5, 5.41) is 19.9. The molecule has 2 aromatic carbocycles. The standard InChI is InChI=1S/C18H18N4O3/c1-18(2,17(24)25)19-16(23)13-7-5-6-12(10-13)11-22-15-9-4-3-8-14(15)20-21-22/h3-10H,11H2,1-2H3,(H,19,23)(H,24,25). The molecular formula is C18H18N4O3. The van der Waals surface area contributed by atoms with E-state index in [1.807, 2.05) is 30.3 Å². The first-order valence-corrected chi connectivity index (χ1v) is 7.80. The Kier molecular flexibility index (Phi) is 4.22. The number of carbonyl (C=O) groups excluding carboxylic acids is 1. The highest BCUT2D eigenvalue weighted by Crippen LogP contribution is 2.14. The molecule has 0 fully saturated rings. The number of fused-ring (bicyclic) bond motifs is 1. The van der Waals surface area contributed by atoms with Crippen molar-refractivity contribution in [2.45, 2.75) is 25.9 Å². The minimum atomic E-state index is -1.34. The van der Waals surface area contributed by atoms with Crippen molar-refractivity contribution in [2.75, 3.05) is 0 Å². The molecule has 1 amide bonds. The van der Waals surface area contributed by atoms with Crippen molar-refractivity contribution in [3.05, 3.63) is 59.7 Å². The number of rotatable bonds is 5. The van der Waals surface area contributed by atoms with Gasteiger partial charge >= 0.3 is 5.97 Å². The molecule has 3 rings (SSSR count). The van der Waals surface area contributed by atoms with E-state index in [1.165, 1.54) is 13.8 Å². The smallest absolute Gasteiger partial charge is 0.328 e. The Balaban J connectivity index is 1.82. The van der Waals surface area contributed by atoms with Crippen molar-refractivity contribution in [2.24, 2.45) is 0 Å². The van der Waals surface area contributed by atoms with Crippen LogP contribution in [0.2, 0.25) is 0 Å². The average Bonchev–Trinajstić information content (AvgIpc) is 2.98. The minimum Gasteiger partial charge on any atom is -0.480 e. The van der Waals surface area contributed by atoms with E-state index in [2.05, 4.69) is 15.6 Å². The molecule has 0 spiro atoms. The molecule has 2 N–H and O–H groups in total. The van der Waals surface area contributed by atoms with E-state index in [4.69, 9.17) is 5.11 Å². The van der Waals surface area contributed by atoms with Gasteiger partial charge in [-0.3, -0.25) is 4.79 Å². The number of nitrogens with zero attached hydrogens (tertiary/aromatic N) is 3. The molecule has 0 saturated carbocycles. The van der Waals surface area contributed by atoms with Crippen molar-refractivity contribution in [1.82, 2.24) is 20.3 Å². The Hall–Kier alpha value is -3.22. The van der Waals surface area contributed by atoms with Gasteiger partial charge in [-0.2, -0.15) is 0 Å². The zero-order chi connectivity index (χ0) is 18.0. The van der Waals surface area contributed by atoms with Gasteiger partial charge in [0.25, 0.3) is 5.91 Å². The van der Waals surface area contributed by atoms with Gasteiger partial charge < -0.3 is 10.4 Å². The van der Waals surface area contributed by atoms with E-state index in [1.54, 1.807) is 22.9 Å². The lowest BCUT2D eigenvalue weighted by Crippen LogP contribution is -2.49. The third kappa shape index (κ3) is 3.50. The van der Waals surface area contributed by atoms with Gasteiger partial charge in [0.1, 0.15) is 11.1 Å². The van der Waals surface area contributed by atoms with E-state index in [-0.39, 0.29) is 0 Å². The largest absolute Gasteiger partial charge is 0.480 e. The maximum absolute atomic E-state index is 12.3. The predicted octanol–water partition coefficient (Wildman–Crippen LogP) is 2.07. The summed E-state index contributed by atoms with van der Waals surface area (Å²) in [7, 11) is 0. The molecule has 0 unspecified atom stereocenters. The second kappa shape index (κ2) is 6.35. The van der Waals surface area contributed by atoms with Crippen LogP contribution in [0.5, 0.6) is 0 Å². The summed E-state index contributed by atoms with van der Waals surface area (Å²) in [6.07, 6.45) is 0. The third-order valence-corrected chi connectivity index (χ3v) is 3.90. The van der Waals surface area contributed by atoms with Crippen LogP contribution in [0.3, 0.4) is 0 Å². The summed E-state index contributed by atoms with van der Waals surface area (Å²) >= 11 is 0. The zero-order valence-corrected chi connectivity index (χ0v) is 13.9. The quantitative estimate of drug-likeness (QED) is 0.742. The molecule has 0 saturated heterocycles. The monoisotopic (exact) mass is 338 g/mol. The summed E-state index contributed by atoms with van der Waals surface area (Å²) < 4.78 is 1.76. The third-order valence-electron chi connectivity index (χ3n) is 3.90. The average molecular weight is 338 g/mol. The normalized spacial score (nSPS) is 11.4. The Morgan fingerprint density at radius 1 is 1.16 bits per heavy atom. The molecule has 7 nitrogen and oxygen atoms in total. The van der Waals surface area contributed by atoms with Gasteiger partial charge in [0.05, 0.1) is 12.1 Å². The second-order valence-corrected chi connectivity index (χ2v) is 6.32. The fraction of sp³-hybridized carbons (Fsp3) is 0.222. The number of carboxylic acids is 1. The molecule has 3 aromatic rings. The van der Waals surface area contributed by atoms with Gasteiger partial charge in [-0.05, 0) is 43.7 Å². The van der Waals surface area contributed by atoms with Crippen molar-refractivity contribution in [3.63, 3.8) is 0 Å². The van der Waals surface area contributed by atoms with Gasteiger partial charge in [0, 0.05) is 5.56 Å². The molecule has 1 aromatic heterocycles. The van der Waals surface area contributed by atoms with Crippen LogP contribution in [0.1, 0.15) is 29.8 Å². The van der Waals surface area contributed by atoms with Crippen molar-refractivity contribution < 1.29 is 14.7 Å². The number of carbonyl (C=O) groups is 2. The summed E-state index contributed by atoms with van der Waals surface area (Å²) in [6.45, 7) is 3.35. The predicted molar refractivity (Wildman–Crippen MR) is 92.3 cm³/mol. The Bertz CT molecular complexity index is 946. The summed E-state index contributed by atoms with van der Waals surface area (Å²) in [6, 6.07) is 14.7. The number of nitrogens with one attached hydrogen (secondary N) is 1. The highest BCUT2D eigenvalue weighted by Gasteiger charge is 2.29. The number of amides is 1. The van der Waals surface area contributed by atoms with Gasteiger partial charge in [0.2, 0.25) is 0 Å². The number of aromatic nitrogens is 3. The van der Waals surface area contributed by atoms with Crippen LogP contribution in [0.25, 0.3) is 11.0 Å². The van der Waals surface area contributed by atoms with Crippen LogP contribution < -0.4 is 5.32 Å². The number of aliphatic carboxylic acids is 1. The lowest BCUT2D eigenvalue weighted by atomic mass is 10.0. The number of carboxylic acid groups (broad SMARTS) is 1. The van der Waals surface area contributed by atoms with Crippen LogP contribution >= 0.6 is 0 Å². The molecule has 0 atom stereocenters. The minimum absolute atomic E-state index is 0.399. The Labute approximate surface area is 144 Å². The van der Waals surface area contributed by atoms with E-state index in [0.29, 0.717) is 12.1 Å². The highest BCUT2D eigenvalue weighted by atomic mass is 16.4.